The van der Waals surface area contributed by atoms with Crippen LogP contribution in [0.5, 0.6) is 11.5 Å². The minimum atomic E-state index is -2.38. The van der Waals surface area contributed by atoms with Crippen LogP contribution in [-0.2, 0) is 19.1 Å². The Balaban J connectivity index is 0.00000441. The number of hydrogen-bond donors (Lipinski definition) is 4. The van der Waals surface area contributed by atoms with Crippen molar-refractivity contribution in [2.24, 2.45) is 11.5 Å². The molecule has 2 atom stereocenters. The van der Waals surface area contributed by atoms with Crippen LogP contribution in [-0.4, -0.2) is 51.7 Å². The molecule has 0 aliphatic rings. The van der Waals surface area contributed by atoms with E-state index in [2.05, 4.69) is 0 Å². The van der Waals surface area contributed by atoms with Crippen LogP contribution in [0.15, 0.2) is 34.7 Å². The van der Waals surface area contributed by atoms with Crippen molar-refractivity contribution in [3.05, 3.63) is 36.1 Å². The molecule has 3 aromatic rings. The van der Waals surface area contributed by atoms with Crippen molar-refractivity contribution in [3.8, 4) is 11.5 Å². The van der Waals surface area contributed by atoms with Gasteiger partial charge < -0.3 is 33.6 Å². The molecule has 0 saturated heterocycles. The number of benzene rings is 2. The molecule has 3 rings (SSSR count). The summed E-state index contributed by atoms with van der Waals surface area (Å²) in [5.41, 5.74) is 6.48. The van der Waals surface area contributed by atoms with Crippen LogP contribution in [0.2, 0.25) is 0 Å². The van der Waals surface area contributed by atoms with Crippen molar-refractivity contribution in [1.29, 1.82) is 0 Å². The molecule has 1 heterocycles. The Bertz CT molecular complexity index is 1400. The summed E-state index contributed by atoms with van der Waals surface area (Å²) < 4.78 is 26.2. The molecule has 0 saturated carbocycles. The fraction of sp³-hybridized carbons (Fsp3) is 0.346. The zero-order chi connectivity index (χ0) is 29.8. The number of nitrogens with two attached hydrogens (primary N) is 2. The molecular weight excluding hydrogens is 603 g/mol. The molecule has 0 fully saturated rings. The van der Waals surface area contributed by atoms with Gasteiger partial charge in [0.05, 0.1) is 5.39 Å². The fourth-order valence-electron chi connectivity index (χ4n) is 3.91. The highest BCUT2D eigenvalue weighted by Crippen LogP contribution is 2.45. The molecule has 14 nitrogen and oxygen atoms in total. The molecule has 2 aromatic carbocycles. The molecule has 0 aliphatic carbocycles. The van der Waals surface area contributed by atoms with E-state index in [4.69, 9.17) is 34.8 Å². The van der Waals surface area contributed by atoms with Crippen LogP contribution < -0.4 is 20.9 Å². The number of Topliss-reactive ketones (excluding diaryl/α,β-unsaturated/α-hetero) is 1. The highest BCUT2D eigenvalue weighted by molar-refractivity contribution is 6.12. The van der Waals surface area contributed by atoms with Crippen molar-refractivity contribution in [2.45, 2.75) is 57.9 Å². The second-order valence-corrected chi connectivity index (χ2v) is 8.91. The largest absolute Gasteiger partial charge is 0.516 e. The molecule has 42 heavy (non-hydrogen) atoms. The number of halogens is 2. The lowest BCUT2D eigenvalue weighted by Gasteiger charge is -2.24. The van der Waals surface area contributed by atoms with Crippen molar-refractivity contribution >= 4 is 76.6 Å². The van der Waals surface area contributed by atoms with Crippen LogP contribution in [0.1, 0.15) is 57.0 Å². The zero-order valence-corrected chi connectivity index (χ0v) is 24.3. The van der Waals surface area contributed by atoms with Gasteiger partial charge in [0.2, 0.25) is 0 Å². The lowest BCUT2D eigenvalue weighted by Crippen LogP contribution is -2.52. The van der Waals surface area contributed by atoms with E-state index < -0.39 is 41.5 Å². The summed E-state index contributed by atoms with van der Waals surface area (Å²) in [4.78, 5) is 60.8. The maximum atomic E-state index is 12.7. The van der Waals surface area contributed by atoms with Gasteiger partial charge in [-0.1, -0.05) is 51.0 Å². The Morgan fingerprint density at radius 3 is 1.62 bits per heavy atom. The van der Waals surface area contributed by atoms with E-state index in [1.165, 1.54) is 25.1 Å². The number of carboxylic acid groups (broad SMARTS) is 2. The smallest absolute Gasteiger partial charge is 0.477 e. The first kappa shape index (κ1) is 35.9. The summed E-state index contributed by atoms with van der Waals surface area (Å²) in [5, 5.41) is 19.1. The minimum absolute atomic E-state index is 0. The highest BCUT2D eigenvalue weighted by Gasteiger charge is 2.40. The lowest BCUT2D eigenvalue weighted by molar-refractivity contribution is -0.161. The molecule has 0 bridgehead atoms. The number of aliphatic carboxylic acids is 2. The molecule has 16 heteroatoms. The van der Waals surface area contributed by atoms with Crippen LogP contribution in [0, 0.1) is 0 Å². The number of carbonyl (C=O) groups excluding carboxylic acids is 3. The monoisotopic (exact) mass is 632 g/mol. The lowest BCUT2D eigenvalue weighted by atomic mass is 10.1. The number of rotatable bonds is 11. The van der Waals surface area contributed by atoms with E-state index in [9.17, 15) is 34.2 Å². The standard InChI is InChI=1S/C26H28N2O12.2ClH/c1-4-10-25(27,21(30)31)39-23(34)37-18-14-8-6-7-9-15(14)19(20-16(18)12-17(36-20)13(3)29)38-24(35)40-26(28,11-5-2)22(32)33;;/h6-9,12H,4-5,10-11,27-28H2,1-3H3,(H,30,31)(H,32,33);2*1H. The number of furan rings is 1. The SMILES string of the molecule is CCCC(N)(OC(=O)Oc1c2ccccc2c(OC(=O)OC(N)(CCC)C(=O)O)c2oc(C(C)=O)cc12)C(=O)O.Cl.Cl. The van der Waals surface area contributed by atoms with E-state index in [0.717, 1.165) is 0 Å². The maximum absolute atomic E-state index is 12.7. The first-order valence-electron chi connectivity index (χ1n) is 12.1. The van der Waals surface area contributed by atoms with Gasteiger partial charge in [0.1, 0.15) is 0 Å². The Labute approximate surface area is 251 Å². The predicted molar refractivity (Wildman–Crippen MR) is 151 cm³/mol. The van der Waals surface area contributed by atoms with E-state index >= 15 is 0 Å². The van der Waals surface area contributed by atoms with Gasteiger partial charge in [-0.2, -0.15) is 0 Å². The van der Waals surface area contributed by atoms with Gasteiger partial charge in [-0.25, -0.2) is 19.2 Å². The number of carbonyl (C=O) groups is 5. The van der Waals surface area contributed by atoms with Crippen LogP contribution in [0.3, 0.4) is 0 Å². The molecule has 230 valence electrons. The summed E-state index contributed by atoms with van der Waals surface area (Å²) in [5.74, 6) is -4.45. The van der Waals surface area contributed by atoms with Crippen molar-refractivity contribution < 1.29 is 57.6 Å². The topological polar surface area (TPSA) is 228 Å². The average Bonchev–Trinajstić information content (AvgIpc) is 3.32. The first-order valence-corrected chi connectivity index (χ1v) is 12.1. The second kappa shape index (κ2) is 14.2. The third kappa shape index (κ3) is 7.39. The molecule has 6 N–H and O–H groups in total. The maximum Gasteiger partial charge on any atom is 0.516 e. The van der Waals surface area contributed by atoms with Crippen molar-refractivity contribution in [3.63, 3.8) is 0 Å². The average molecular weight is 633 g/mol. The molecular formula is C26H30Cl2N2O12. The summed E-state index contributed by atoms with van der Waals surface area (Å²) in [7, 11) is 0. The third-order valence-corrected chi connectivity index (χ3v) is 5.81. The fourth-order valence-corrected chi connectivity index (χ4v) is 3.91. The number of fused-ring (bicyclic) bond motifs is 2. The number of ketones is 1. The van der Waals surface area contributed by atoms with Crippen molar-refractivity contribution in [2.75, 3.05) is 0 Å². The Hall–Kier alpha value is -4.11. The van der Waals surface area contributed by atoms with E-state index in [-0.39, 0.29) is 89.5 Å². The van der Waals surface area contributed by atoms with E-state index in [1.807, 2.05) is 0 Å². The third-order valence-electron chi connectivity index (χ3n) is 5.81. The minimum Gasteiger partial charge on any atom is -0.477 e. The summed E-state index contributed by atoms with van der Waals surface area (Å²) in [6, 6.07) is 7.23. The van der Waals surface area contributed by atoms with Gasteiger partial charge >= 0.3 is 24.2 Å². The first-order chi connectivity index (χ1) is 18.8. The quantitative estimate of drug-likeness (QED) is 0.0968. The molecule has 1 aromatic heterocycles. The summed E-state index contributed by atoms with van der Waals surface area (Å²) >= 11 is 0. The summed E-state index contributed by atoms with van der Waals surface area (Å²) in [6.45, 7) is 4.48. The van der Waals surface area contributed by atoms with Gasteiger partial charge in [-0.15, -0.1) is 24.8 Å². The zero-order valence-electron chi connectivity index (χ0n) is 22.7. The highest BCUT2D eigenvalue weighted by atomic mass is 35.5. The van der Waals surface area contributed by atoms with Gasteiger partial charge in [-0.3, -0.25) is 16.3 Å². The molecule has 0 amide bonds. The molecule has 0 spiro atoms. The molecule has 0 aliphatic heterocycles. The van der Waals surface area contributed by atoms with Crippen LogP contribution >= 0.6 is 24.8 Å². The second-order valence-electron chi connectivity index (χ2n) is 8.91. The Morgan fingerprint density at radius 1 is 0.786 bits per heavy atom. The van der Waals surface area contributed by atoms with E-state index in [1.54, 1.807) is 26.0 Å². The van der Waals surface area contributed by atoms with Gasteiger partial charge in [0.25, 0.3) is 11.4 Å². The molecule has 2 unspecified atom stereocenters. The Morgan fingerprint density at radius 2 is 1.21 bits per heavy atom. The van der Waals surface area contributed by atoms with Crippen LogP contribution in [0.25, 0.3) is 21.7 Å². The van der Waals surface area contributed by atoms with Crippen LogP contribution in [0.4, 0.5) is 9.59 Å². The van der Waals surface area contributed by atoms with Gasteiger partial charge in [0.15, 0.2) is 28.6 Å². The van der Waals surface area contributed by atoms with Gasteiger partial charge in [-0.05, 0) is 6.07 Å². The van der Waals surface area contributed by atoms with E-state index in [0.29, 0.717) is 0 Å². The number of ether oxygens (including phenoxy) is 4. The van der Waals surface area contributed by atoms with Crippen molar-refractivity contribution in [1.82, 2.24) is 0 Å². The Kier molecular flexibility index (Phi) is 12.1. The molecule has 0 radical (unpaired) electrons. The number of hydrogen-bond acceptors (Lipinski definition) is 12. The van der Waals surface area contributed by atoms with Gasteiger partial charge in [0, 0.05) is 30.5 Å². The normalized spacial score (nSPS) is 13.5. The number of carboxylic acids is 2. The predicted octanol–water partition coefficient (Wildman–Crippen LogP) is 4.74. The summed E-state index contributed by atoms with van der Waals surface area (Å²) in [6.07, 6.45) is -2.81.